The van der Waals surface area contributed by atoms with E-state index in [9.17, 15) is 0 Å². The Morgan fingerprint density at radius 1 is 1.25 bits per heavy atom. The van der Waals surface area contributed by atoms with Crippen LogP contribution in [-0.2, 0) is 13.1 Å². The third kappa shape index (κ3) is 4.66. The van der Waals surface area contributed by atoms with Crippen molar-refractivity contribution in [3.8, 4) is 5.75 Å². The fourth-order valence-corrected chi connectivity index (χ4v) is 1.81. The quantitative estimate of drug-likeness (QED) is 0.750. The lowest BCUT2D eigenvalue weighted by Gasteiger charge is -2.05. The number of rotatable bonds is 8. The molecule has 0 saturated carbocycles. The monoisotopic (exact) mass is 274 g/mol. The maximum atomic E-state index is 5.67. The van der Waals surface area contributed by atoms with Gasteiger partial charge in [0.2, 0.25) is 0 Å². The summed E-state index contributed by atoms with van der Waals surface area (Å²) in [4.78, 5) is 0. The zero-order valence-corrected chi connectivity index (χ0v) is 12.2. The van der Waals surface area contributed by atoms with Crippen LogP contribution in [0.5, 0.6) is 5.75 Å². The molecule has 0 spiro atoms. The molecule has 108 valence electrons. The highest BCUT2D eigenvalue weighted by Gasteiger charge is 2.00. The van der Waals surface area contributed by atoms with E-state index in [4.69, 9.17) is 4.74 Å². The van der Waals surface area contributed by atoms with Crippen LogP contribution in [0.4, 0.5) is 0 Å². The third-order valence-electron chi connectivity index (χ3n) is 2.93. The number of nitrogens with zero attached hydrogens (tertiary/aromatic N) is 3. The summed E-state index contributed by atoms with van der Waals surface area (Å²) in [6.07, 6.45) is 3.08. The van der Waals surface area contributed by atoms with Crippen molar-refractivity contribution in [1.82, 2.24) is 20.3 Å². The highest BCUT2D eigenvalue weighted by Crippen LogP contribution is 2.11. The van der Waals surface area contributed by atoms with E-state index in [0.29, 0.717) is 13.2 Å². The summed E-state index contributed by atoms with van der Waals surface area (Å²) in [5.74, 6) is 0.889. The molecule has 2 aromatic rings. The number of nitrogens with one attached hydrogen (secondary N) is 1. The Kier molecular flexibility index (Phi) is 5.55. The molecular formula is C15H22N4O. The molecule has 20 heavy (non-hydrogen) atoms. The molecule has 1 heterocycles. The molecule has 5 nitrogen and oxygen atoms in total. The second-order valence-corrected chi connectivity index (χ2v) is 4.81. The number of aryl methyl sites for hydroxylation is 1. The summed E-state index contributed by atoms with van der Waals surface area (Å²) < 4.78 is 7.49. The van der Waals surface area contributed by atoms with Crippen molar-refractivity contribution < 1.29 is 4.74 Å². The number of hydrogen-bond donors (Lipinski definition) is 1. The molecule has 0 aliphatic heterocycles. The molecule has 0 aliphatic carbocycles. The molecule has 0 atom stereocenters. The van der Waals surface area contributed by atoms with Crippen molar-refractivity contribution >= 4 is 0 Å². The molecule has 2 rings (SSSR count). The van der Waals surface area contributed by atoms with Gasteiger partial charge in [-0.3, -0.25) is 0 Å². The Labute approximate surface area is 120 Å². The second-order valence-electron chi connectivity index (χ2n) is 4.81. The van der Waals surface area contributed by atoms with Gasteiger partial charge >= 0.3 is 0 Å². The Balaban J connectivity index is 1.72. The zero-order chi connectivity index (χ0) is 14.2. The van der Waals surface area contributed by atoms with Crippen molar-refractivity contribution in [2.24, 2.45) is 0 Å². The van der Waals surface area contributed by atoms with Crippen LogP contribution in [0, 0.1) is 6.92 Å². The van der Waals surface area contributed by atoms with E-state index in [-0.39, 0.29) is 0 Å². The van der Waals surface area contributed by atoms with Gasteiger partial charge < -0.3 is 10.1 Å². The van der Waals surface area contributed by atoms with Gasteiger partial charge in [-0.05, 0) is 32.0 Å². The van der Waals surface area contributed by atoms with Gasteiger partial charge in [0.15, 0.2) is 0 Å². The Morgan fingerprint density at radius 2 is 2.05 bits per heavy atom. The van der Waals surface area contributed by atoms with Gasteiger partial charge in [0.05, 0.1) is 12.2 Å². The molecule has 1 N–H and O–H groups in total. The average molecular weight is 274 g/mol. The molecule has 0 unspecified atom stereocenters. The molecule has 5 heteroatoms. The molecule has 0 aliphatic rings. The normalized spacial score (nSPS) is 10.7. The van der Waals surface area contributed by atoms with Crippen molar-refractivity contribution in [1.29, 1.82) is 0 Å². The first-order valence-corrected chi connectivity index (χ1v) is 7.07. The summed E-state index contributed by atoms with van der Waals surface area (Å²) in [6.45, 7) is 7.28. The predicted octanol–water partition coefficient (Wildman–Crippen LogP) is 2.17. The standard InChI is InChI=1S/C15H22N4O/c1-3-8-16-11-14-12-19(18-17-14)9-10-20-15-6-4-13(2)5-7-15/h4-7,12,16H,3,8-11H2,1-2H3. The minimum absolute atomic E-state index is 0.592. The number of aromatic nitrogens is 3. The van der Waals surface area contributed by atoms with E-state index < -0.39 is 0 Å². The van der Waals surface area contributed by atoms with E-state index in [1.807, 2.05) is 35.1 Å². The maximum Gasteiger partial charge on any atom is 0.119 e. The predicted molar refractivity (Wildman–Crippen MR) is 78.7 cm³/mol. The molecule has 1 aromatic carbocycles. The molecule has 0 saturated heterocycles. The molecule has 0 fully saturated rings. The first-order valence-electron chi connectivity index (χ1n) is 7.07. The van der Waals surface area contributed by atoms with Crippen molar-refractivity contribution in [3.05, 3.63) is 41.7 Å². The van der Waals surface area contributed by atoms with Crippen LogP contribution in [0.2, 0.25) is 0 Å². The lowest BCUT2D eigenvalue weighted by Crippen LogP contribution is -2.14. The maximum absolute atomic E-state index is 5.67. The Hall–Kier alpha value is -1.88. The van der Waals surface area contributed by atoms with E-state index in [0.717, 1.165) is 31.0 Å². The molecule has 0 amide bonds. The summed E-state index contributed by atoms with van der Waals surface area (Å²) in [5.41, 5.74) is 2.20. The van der Waals surface area contributed by atoms with Gasteiger partial charge in [-0.2, -0.15) is 0 Å². The number of hydrogen-bond acceptors (Lipinski definition) is 4. The van der Waals surface area contributed by atoms with Crippen LogP contribution in [-0.4, -0.2) is 28.1 Å². The smallest absolute Gasteiger partial charge is 0.119 e. The van der Waals surface area contributed by atoms with Crippen molar-refractivity contribution in [3.63, 3.8) is 0 Å². The summed E-state index contributed by atoms with van der Waals surface area (Å²) >= 11 is 0. The van der Waals surface area contributed by atoms with E-state index in [1.54, 1.807) is 0 Å². The average Bonchev–Trinajstić information content (AvgIpc) is 2.89. The van der Waals surface area contributed by atoms with Gasteiger partial charge in [0.25, 0.3) is 0 Å². The number of ether oxygens (including phenoxy) is 1. The lowest BCUT2D eigenvalue weighted by molar-refractivity contribution is 0.289. The minimum atomic E-state index is 0.592. The van der Waals surface area contributed by atoms with Gasteiger partial charge in [-0.15, -0.1) is 5.10 Å². The van der Waals surface area contributed by atoms with Crippen molar-refractivity contribution in [2.45, 2.75) is 33.4 Å². The largest absolute Gasteiger partial charge is 0.492 e. The van der Waals surface area contributed by atoms with E-state index in [1.165, 1.54) is 5.56 Å². The van der Waals surface area contributed by atoms with Crippen LogP contribution in [0.15, 0.2) is 30.5 Å². The fraction of sp³-hybridized carbons (Fsp3) is 0.467. The van der Waals surface area contributed by atoms with E-state index >= 15 is 0 Å². The van der Waals surface area contributed by atoms with E-state index in [2.05, 4.69) is 29.5 Å². The second kappa shape index (κ2) is 7.65. The fourth-order valence-electron chi connectivity index (χ4n) is 1.81. The molecular weight excluding hydrogens is 252 g/mol. The highest BCUT2D eigenvalue weighted by atomic mass is 16.5. The lowest BCUT2D eigenvalue weighted by atomic mass is 10.2. The Bertz CT molecular complexity index is 507. The van der Waals surface area contributed by atoms with Gasteiger partial charge in [-0.25, -0.2) is 4.68 Å². The SMILES string of the molecule is CCCNCc1cn(CCOc2ccc(C)cc2)nn1. The van der Waals surface area contributed by atoms with Crippen molar-refractivity contribution in [2.75, 3.05) is 13.2 Å². The summed E-state index contributed by atoms with van der Waals surface area (Å²) in [5, 5.41) is 11.5. The first kappa shape index (κ1) is 14.5. The number of benzene rings is 1. The van der Waals surface area contributed by atoms with Crippen LogP contribution in [0.25, 0.3) is 0 Å². The summed E-state index contributed by atoms with van der Waals surface area (Å²) in [7, 11) is 0. The van der Waals surface area contributed by atoms with Crippen LogP contribution in [0.1, 0.15) is 24.6 Å². The first-order chi connectivity index (χ1) is 9.78. The van der Waals surface area contributed by atoms with Gasteiger partial charge in [0.1, 0.15) is 12.4 Å². The topological polar surface area (TPSA) is 52.0 Å². The molecule has 1 aromatic heterocycles. The third-order valence-corrected chi connectivity index (χ3v) is 2.93. The van der Waals surface area contributed by atoms with Crippen LogP contribution in [0.3, 0.4) is 0 Å². The van der Waals surface area contributed by atoms with Crippen LogP contribution < -0.4 is 10.1 Å². The molecule has 0 radical (unpaired) electrons. The van der Waals surface area contributed by atoms with Gasteiger partial charge in [-0.1, -0.05) is 29.8 Å². The Morgan fingerprint density at radius 3 is 2.80 bits per heavy atom. The zero-order valence-electron chi connectivity index (χ0n) is 12.2. The highest BCUT2D eigenvalue weighted by molar-refractivity contribution is 5.26. The summed E-state index contributed by atoms with van der Waals surface area (Å²) in [6, 6.07) is 8.05. The molecule has 0 bridgehead atoms. The minimum Gasteiger partial charge on any atom is -0.492 e. The van der Waals surface area contributed by atoms with Gasteiger partial charge in [0, 0.05) is 12.7 Å². The van der Waals surface area contributed by atoms with Crippen LogP contribution >= 0.6 is 0 Å².